The van der Waals surface area contributed by atoms with Crippen LogP contribution in [0.3, 0.4) is 0 Å². The molecule has 0 aliphatic heterocycles. The molecule has 148 valence electrons. The van der Waals surface area contributed by atoms with E-state index in [9.17, 15) is 4.79 Å². The first-order chi connectivity index (χ1) is 15.2. The minimum absolute atomic E-state index is 0.0766. The molecule has 31 heavy (non-hydrogen) atoms. The van der Waals surface area contributed by atoms with Crippen LogP contribution in [0, 0.1) is 6.92 Å². The molecule has 5 rings (SSSR count). The van der Waals surface area contributed by atoms with Crippen LogP contribution in [0.5, 0.6) is 0 Å². The van der Waals surface area contributed by atoms with Gasteiger partial charge in [-0.1, -0.05) is 121 Å². The van der Waals surface area contributed by atoms with Crippen LogP contribution in [-0.4, -0.2) is 5.78 Å². The van der Waals surface area contributed by atoms with Gasteiger partial charge in [0.25, 0.3) is 0 Å². The molecule has 1 heteroatoms. The number of carbonyl (C=O) groups excluding carboxylic acids is 1. The second-order valence-corrected chi connectivity index (χ2v) is 7.79. The maximum Gasteiger partial charge on any atom is 0.195 e. The first kappa shape index (κ1) is 19.0. The lowest BCUT2D eigenvalue weighted by Gasteiger charge is -2.13. The summed E-state index contributed by atoms with van der Waals surface area (Å²) in [6, 6.07) is 38.8. The van der Waals surface area contributed by atoms with Crippen LogP contribution >= 0.6 is 0 Å². The van der Waals surface area contributed by atoms with Gasteiger partial charge in [-0.25, -0.2) is 0 Å². The van der Waals surface area contributed by atoms with Crippen molar-refractivity contribution in [1.82, 2.24) is 0 Å². The maximum absolute atomic E-state index is 14.0. The van der Waals surface area contributed by atoms with Crippen LogP contribution < -0.4 is 0 Å². The number of hydrogen-bond acceptors (Lipinski definition) is 1. The summed E-state index contributed by atoms with van der Waals surface area (Å²) in [5.41, 5.74) is 8.71. The van der Waals surface area contributed by atoms with E-state index in [-0.39, 0.29) is 5.78 Å². The molecule has 0 atom stereocenters. The van der Waals surface area contributed by atoms with Crippen LogP contribution in [0.2, 0.25) is 0 Å². The Morgan fingerprint density at radius 2 is 0.710 bits per heavy atom. The minimum atomic E-state index is 0.0766. The van der Waals surface area contributed by atoms with Gasteiger partial charge in [-0.3, -0.25) is 4.79 Å². The first-order valence-electron chi connectivity index (χ1n) is 10.5. The summed E-state index contributed by atoms with van der Waals surface area (Å²) >= 11 is 0. The zero-order chi connectivity index (χ0) is 21.2. The topological polar surface area (TPSA) is 17.1 Å². The van der Waals surface area contributed by atoms with Gasteiger partial charge >= 0.3 is 0 Å². The van der Waals surface area contributed by atoms with Gasteiger partial charge in [-0.2, -0.15) is 0 Å². The number of aryl methyl sites for hydroxylation is 1. The van der Waals surface area contributed by atoms with Crippen LogP contribution in [0.25, 0.3) is 22.3 Å². The third-order valence-corrected chi connectivity index (χ3v) is 5.73. The predicted molar refractivity (Wildman–Crippen MR) is 129 cm³/mol. The highest BCUT2D eigenvalue weighted by Gasteiger charge is 2.35. The van der Waals surface area contributed by atoms with Gasteiger partial charge in [-0.15, -0.1) is 0 Å². The van der Waals surface area contributed by atoms with Gasteiger partial charge < -0.3 is 0 Å². The highest BCUT2D eigenvalue weighted by molar-refractivity contribution is 6.59. The van der Waals surface area contributed by atoms with Crippen molar-refractivity contribution in [3.8, 4) is 0 Å². The maximum atomic E-state index is 14.0. The third-order valence-electron chi connectivity index (χ3n) is 5.73. The fourth-order valence-corrected chi connectivity index (χ4v) is 4.26. The van der Waals surface area contributed by atoms with Crippen molar-refractivity contribution in [1.29, 1.82) is 0 Å². The smallest absolute Gasteiger partial charge is 0.195 e. The second-order valence-electron chi connectivity index (χ2n) is 7.79. The summed E-state index contributed by atoms with van der Waals surface area (Å²) in [5, 5.41) is 0. The molecule has 0 radical (unpaired) electrons. The lowest BCUT2D eigenvalue weighted by atomic mass is 9.89. The molecular weight excluding hydrogens is 376 g/mol. The van der Waals surface area contributed by atoms with Crippen molar-refractivity contribution < 1.29 is 4.79 Å². The Morgan fingerprint density at radius 3 is 1.10 bits per heavy atom. The van der Waals surface area contributed by atoms with Gasteiger partial charge in [0, 0.05) is 22.3 Å². The summed E-state index contributed by atoms with van der Waals surface area (Å²) in [6.45, 7) is 2.07. The summed E-state index contributed by atoms with van der Waals surface area (Å²) in [5.74, 6) is 0.0766. The molecule has 1 aliphatic carbocycles. The van der Waals surface area contributed by atoms with Gasteiger partial charge in [0.15, 0.2) is 5.78 Å². The normalized spacial score (nSPS) is 13.8. The van der Waals surface area contributed by atoms with Crippen LogP contribution in [0.4, 0.5) is 0 Å². The molecule has 0 saturated heterocycles. The molecule has 0 heterocycles. The van der Waals surface area contributed by atoms with E-state index in [2.05, 4.69) is 55.5 Å². The van der Waals surface area contributed by atoms with E-state index in [1.807, 2.05) is 66.7 Å². The molecule has 1 aliphatic rings. The van der Waals surface area contributed by atoms with Gasteiger partial charge in [0.1, 0.15) is 0 Å². The van der Waals surface area contributed by atoms with Crippen LogP contribution in [-0.2, 0) is 4.79 Å². The van der Waals surface area contributed by atoms with Gasteiger partial charge in [0.2, 0.25) is 0 Å². The van der Waals surface area contributed by atoms with Crippen molar-refractivity contribution >= 4 is 28.1 Å². The summed E-state index contributed by atoms with van der Waals surface area (Å²) < 4.78 is 0. The van der Waals surface area contributed by atoms with Crippen LogP contribution in [0.1, 0.15) is 27.8 Å². The number of carbonyl (C=O) groups is 1. The van der Waals surface area contributed by atoms with E-state index < -0.39 is 0 Å². The number of ketones is 1. The lowest BCUT2D eigenvalue weighted by Crippen LogP contribution is -2.02. The van der Waals surface area contributed by atoms with Gasteiger partial charge in [-0.05, 0) is 29.2 Å². The predicted octanol–water partition coefficient (Wildman–Crippen LogP) is 7.10. The molecular formula is C30H22O. The number of allylic oxidation sites excluding steroid dienone is 4. The number of hydrogen-bond donors (Lipinski definition) is 0. The highest BCUT2D eigenvalue weighted by Crippen LogP contribution is 2.49. The van der Waals surface area contributed by atoms with Crippen molar-refractivity contribution in [2.24, 2.45) is 0 Å². The Morgan fingerprint density at radius 1 is 0.387 bits per heavy atom. The molecule has 0 spiro atoms. The van der Waals surface area contributed by atoms with E-state index in [0.29, 0.717) is 0 Å². The quantitative estimate of drug-likeness (QED) is 0.358. The summed E-state index contributed by atoms with van der Waals surface area (Å²) in [7, 11) is 0. The number of benzene rings is 4. The van der Waals surface area contributed by atoms with Crippen molar-refractivity contribution in [3.63, 3.8) is 0 Å². The second kappa shape index (κ2) is 8.04. The standard InChI is InChI=1S/C30H22O/c1-21-17-19-25(20-18-21)29-27(23-13-7-3-8-14-23)26(22-11-5-2-6-12-22)28(30(29)31)24-15-9-4-10-16-24/h2-20H,1H3. The Bertz CT molecular complexity index is 1290. The summed E-state index contributed by atoms with van der Waals surface area (Å²) in [6.07, 6.45) is 0. The van der Waals surface area contributed by atoms with E-state index in [0.717, 1.165) is 44.5 Å². The highest BCUT2D eigenvalue weighted by atomic mass is 16.1. The molecule has 4 aromatic carbocycles. The van der Waals surface area contributed by atoms with Crippen molar-refractivity contribution in [3.05, 3.63) is 143 Å². The molecule has 0 N–H and O–H groups in total. The third kappa shape index (κ3) is 3.45. The van der Waals surface area contributed by atoms with Crippen LogP contribution in [0.15, 0.2) is 115 Å². The molecule has 4 aromatic rings. The SMILES string of the molecule is Cc1ccc(C2=C(c3ccccc3)C(c3ccccc3)=C(c3ccccc3)C2=O)cc1. The number of rotatable bonds is 4. The molecule has 0 saturated carbocycles. The lowest BCUT2D eigenvalue weighted by molar-refractivity contribution is -0.108. The van der Waals surface area contributed by atoms with E-state index in [1.165, 1.54) is 5.56 Å². The molecule has 0 amide bonds. The molecule has 0 aromatic heterocycles. The Labute approximate surface area is 183 Å². The Kier molecular flexibility index (Phi) is 4.93. The molecule has 1 nitrogen and oxygen atoms in total. The molecule has 0 unspecified atom stereocenters. The van der Waals surface area contributed by atoms with Crippen molar-refractivity contribution in [2.75, 3.05) is 0 Å². The van der Waals surface area contributed by atoms with E-state index in [4.69, 9.17) is 0 Å². The minimum Gasteiger partial charge on any atom is -0.289 e. The first-order valence-corrected chi connectivity index (χ1v) is 10.5. The van der Waals surface area contributed by atoms with Gasteiger partial charge in [0.05, 0.1) is 0 Å². The zero-order valence-electron chi connectivity index (χ0n) is 17.4. The average molecular weight is 399 g/mol. The number of Topliss-reactive ketones (excluding diaryl/α,β-unsaturated/α-hetero) is 1. The molecule has 0 bridgehead atoms. The van der Waals surface area contributed by atoms with E-state index >= 15 is 0 Å². The Hall–Kier alpha value is -3.97. The fraction of sp³-hybridized carbons (Fsp3) is 0.0333. The fourth-order valence-electron chi connectivity index (χ4n) is 4.26. The largest absolute Gasteiger partial charge is 0.289 e. The monoisotopic (exact) mass is 398 g/mol. The average Bonchev–Trinajstić information content (AvgIpc) is 3.14. The molecule has 0 fully saturated rings. The zero-order valence-corrected chi connectivity index (χ0v) is 17.4. The summed E-state index contributed by atoms with van der Waals surface area (Å²) in [4.78, 5) is 14.0. The van der Waals surface area contributed by atoms with Crippen molar-refractivity contribution in [2.45, 2.75) is 6.92 Å². The Balaban J connectivity index is 1.87. The van der Waals surface area contributed by atoms with E-state index in [1.54, 1.807) is 0 Å².